The number of nitrogens with zero attached hydrogens (tertiary/aromatic N) is 2. The first-order chi connectivity index (χ1) is 8.22. The smallest absolute Gasteiger partial charge is 0.335 e. The Kier molecular flexibility index (Phi) is 2.91. The lowest BCUT2D eigenvalue weighted by atomic mass is 10.2. The molecule has 0 spiro atoms. The Morgan fingerprint density at radius 3 is 2.88 bits per heavy atom. The van der Waals surface area contributed by atoms with Gasteiger partial charge in [0.1, 0.15) is 0 Å². The van der Waals surface area contributed by atoms with Crippen molar-refractivity contribution in [3.8, 4) is 5.69 Å². The minimum absolute atomic E-state index is 0.196. The first-order valence-corrected chi connectivity index (χ1v) is 4.89. The molecule has 0 unspecified atom stereocenters. The summed E-state index contributed by atoms with van der Waals surface area (Å²) in [5, 5.41) is 21.8. The van der Waals surface area contributed by atoms with E-state index in [1.165, 1.54) is 18.3 Å². The molecule has 1 heterocycles. The summed E-state index contributed by atoms with van der Waals surface area (Å²) >= 11 is 0. The van der Waals surface area contributed by atoms with Crippen LogP contribution in [-0.4, -0.2) is 21.9 Å². The lowest BCUT2D eigenvalue weighted by molar-refractivity contribution is 0.0697. The van der Waals surface area contributed by atoms with Crippen LogP contribution < -0.4 is 0 Å². The zero-order chi connectivity index (χ0) is 12.3. The van der Waals surface area contributed by atoms with E-state index in [9.17, 15) is 10.0 Å². The number of aromatic carboxylic acids is 1. The van der Waals surface area contributed by atoms with Crippen LogP contribution in [0.1, 0.15) is 16.1 Å². The Morgan fingerprint density at radius 1 is 1.35 bits per heavy atom. The average molecular weight is 229 g/mol. The summed E-state index contributed by atoms with van der Waals surface area (Å²) in [7, 11) is 0. The molecule has 0 fully saturated rings. The number of carboxylic acids is 1. The van der Waals surface area contributed by atoms with Crippen molar-refractivity contribution in [2.75, 3.05) is 0 Å². The molecule has 0 radical (unpaired) electrons. The van der Waals surface area contributed by atoms with Crippen molar-refractivity contribution < 1.29 is 9.90 Å². The molecular formula is C12H9N2O3-. The van der Waals surface area contributed by atoms with Crippen molar-refractivity contribution in [1.29, 1.82) is 0 Å². The van der Waals surface area contributed by atoms with Gasteiger partial charge in [0, 0.05) is 18.1 Å². The third kappa shape index (κ3) is 2.17. The van der Waals surface area contributed by atoms with Gasteiger partial charge in [-0.1, -0.05) is 6.07 Å². The Morgan fingerprint density at radius 2 is 2.18 bits per heavy atom. The maximum absolute atomic E-state index is 10.8. The standard InChI is InChI=1S/C12H10N2O3/c15-12(16)9-3-1-4-10(7-9)14-6-2-5-11(14)8-13-17/h1-8,17H,(H,15,16)/p-1/b13-8-. The molecule has 0 aliphatic rings. The molecule has 2 aromatic rings. The van der Waals surface area contributed by atoms with Gasteiger partial charge in [0.2, 0.25) is 0 Å². The SMILES string of the molecule is O=C(O)c1cccc(-n2cccc2/C=N\[O-])c1. The van der Waals surface area contributed by atoms with Gasteiger partial charge >= 0.3 is 5.97 Å². The zero-order valence-corrected chi connectivity index (χ0v) is 8.78. The van der Waals surface area contributed by atoms with Crippen LogP contribution in [0.25, 0.3) is 5.69 Å². The predicted molar refractivity (Wildman–Crippen MR) is 63.7 cm³/mol. The summed E-state index contributed by atoms with van der Waals surface area (Å²) in [4.78, 5) is 10.8. The second-order valence-corrected chi connectivity index (χ2v) is 3.39. The van der Waals surface area contributed by atoms with Crippen molar-refractivity contribution >= 4 is 12.2 Å². The fraction of sp³-hybridized carbons (Fsp3) is 0. The van der Waals surface area contributed by atoms with E-state index in [4.69, 9.17) is 5.11 Å². The maximum atomic E-state index is 10.8. The van der Waals surface area contributed by atoms with Crippen molar-refractivity contribution in [1.82, 2.24) is 4.57 Å². The van der Waals surface area contributed by atoms with Crippen LogP contribution in [0, 0.1) is 5.21 Å². The van der Waals surface area contributed by atoms with E-state index >= 15 is 0 Å². The highest BCUT2D eigenvalue weighted by Crippen LogP contribution is 2.13. The molecule has 1 aromatic heterocycles. The number of carbonyl (C=O) groups is 1. The third-order valence-electron chi connectivity index (χ3n) is 2.34. The Bertz CT molecular complexity index is 573. The summed E-state index contributed by atoms with van der Waals surface area (Å²) in [5.74, 6) is -0.988. The number of carboxylic acid groups (broad SMARTS) is 1. The van der Waals surface area contributed by atoms with Crippen LogP contribution >= 0.6 is 0 Å². The minimum atomic E-state index is -0.988. The summed E-state index contributed by atoms with van der Waals surface area (Å²) in [6.45, 7) is 0. The molecule has 0 atom stereocenters. The first-order valence-electron chi connectivity index (χ1n) is 4.89. The van der Waals surface area contributed by atoms with Gasteiger partial charge in [-0.3, -0.25) is 0 Å². The Labute approximate surface area is 97.2 Å². The van der Waals surface area contributed by atoms with E-state index in [1.807, 2.05) is 0 Å². The van der Waals surface area contributed by atoms with Crippen LogP contribution in [0.5, 0.6) is 0 Å². The number of benzene rings is 1. The van der Waals surface area contributed by atoms with E-state index in [2.05, 4.69) is 5.16 Å². The normalized spacial score (nSPS) is 10.8. The molecule has 0 saturated heterocycles. The van der Waals surface area contributed by atoms with Crippen LogP contribution in [0.2, 0.25) is 0 Å². The summed E-state index contributed by atoms with van der Waals surface area (Å²) in [5.41, 5.74) is 1.47. The molecule has 86 valence electrons. The van der Waals surface area contributed by atoms with E-state index in [1.54, 1.807) is 35.0 Å². The first kappa shape index (κ1) is 10.9. The molecule has 0 aliphatic carbocycles. The largest absolute Gasteiger partial charge is 0.792 e. The van der Waals surface area contributed by atoms with Gasteiger partial charge in [0.15, 0.2) is 0 Å². The maximum Gasteiger partial charge on any atom is 0.335 e. The Hall–Kier alpha value is -2.56. The predicted octanol–water partition coefficient (Wildman–Crippen LogP) is 2.09. The molecule has 5 nitrogen and oxygen atoms in total. The second-order valence-electron chi connectivity index (χ2n) is 3.39. The lowest BCUT2D eigenvalue weighted by Gasteiger charge is -2.07. The molecule has 0 saturated carbocycles. The highest BCUT2D eigenvalue weighted by Gasteiger charge is 2.05. The van der Waals surface area contributed by atoms with Crippen LogP contribution in [-0.2, 0) is 0 Å². The topological polar surface area (TPSA) is 77.6 Å². The number of hydrogen-bond acceptors (Lipinski definition) is 3. The van der Waals surface area contributed by atoms with Crippen LogP contribution in [0.4, 0.5) is 0 Å². The molecule has 0 bridgehead atoms. The molecular weight excluding hydrogens is 220 g/mol. The highest BCUT2D eigenvalue weighted by atomic mass is 16.4. The molecule has 0 amide bonds. The lowest BCUT2D eigenvalue weighted by Crippen LogP contribution is -2.01. The quantitative estimate of drug-likeness (QED) is 0.646. The van der Waals surface area contributed by atoms with Gasteiger partial charge in [-0.2, -0.15) is 0 Å². The average Bonchev–Trinajstić information content (AvgIpc) is 2.78. The van der Waals surface area contributed by atoms with Gasteiger partial charge in [0.25, 0.3) is 0 Å². The van der Waals surface area contributed by atoms with Crippen molar-refractivity contribution in [3.63, 3.8) is 0 Å². The molecule has 1 N–H and O–H groups in total. The van der Waals surface area contributed by atoms with Gasteiger partial charge in [0.05, 0.1) is 11.3 Å². The number of hydrogen-bond donors (Lipinski definition) is 1. The molecule has 0 aliphatic heterocycles. The number of aromatic nitrogens is 1. The van der Waals surface area contributed by atoms with Crippen LogP contribution in [0.3, 0.4) is 0 Å². The fourth-order valence-electron chi connectivity index (χ4n) is 1.58. The third-order valence-corrected chi connectivity index (χ3v) is 2.34. The van der Waals surface area contributed by atoms with E-state index in [0.29, 0.717) is 11.4 Å². The number of rotatable bonds is 3. The molecule has 2 rings (SSSR count). The van der Waals surface area contributed by atoms with E-state index < -0.39 is 5.97 Å². The summed E-state index contributed by atoms with van der Waals surface area (Å²) in [6.07, 6.45) is 2.91. The van der Waals surface area contributed by atoms with Gasteiger partial charge < -0.3 is 20.0 Å². The van der Waals surface area contributed by atoms with Gasteiger partial charge in [-0.25, -0.2) is 4.79 Å². The van der Waals surface area contributed by atoms with E-state index in [-0.39, 0.29) is 5.56 Å². The van der Waals surface area contributed by atoms with Crippen molar-refractivity contribution in [2.45, 2.75) is 0 Å². The second kappa shape index (κ2) is 4.52. The highest BCUT2D eigenvalue weighted by molar-refractivity contribution is 5.88. The summed E-state index contributed by atoms with van der Waals surface area (Å²) in [6, 6.07) is 9.92. The Balaban J connectivity index is 2.49. The molecule has 5 heteroatoms. The van der Waals surface area contributed by atoms with Crippen molar-refractivity contribution in [2.24, 2.45) is 5.16 Å². The zero-order valence-electron chi connectivity index (χ0n) is 8.78. The monoisotopic (exact) mass is 229 g/mol. The van der Waals surface area contributed by atoms with Crippen LogP contribution in [0.15, 0.2) is 47.8 Å². The summed E-state index contributed by atoms with van der Waals surface area (Å²) < 4.78 is 1.69. The van der Waals surface area contributed by atoms with Gasteiger partial charge in [-0.05, 0) is 30.3 Å². The molecule has 17 heavy (non-hydrogen) atoms. The van der Waals surface area contributed by atoms with E-state index in [0.717, 1.165) is 0 Å². The van der Waals surface area contributed by atoms with Gasteiger partial charge in [-0.15, -0.1) is 0 Å². The molecule has 1 aromatic carbocycles. The minimum Gasteiger partial charge on any atom is -0.792 e. The fourth-order valence-corrected chi connectivity index (χ4v) is 1.58. The van der Waals surface area contributed by atoms with Crippen molar-refractivity contribution in [3.05, 3.63) is 59.1 Å².